The van der Waals surface area contributed by atoms with E-state index in [0.717, 1.165) is 6.54 Å². The van der Waals surface area contributed by atoms with Gasteiger partial charge in [0.25, 0.3) is 0 Å². The fourth-order valence-electron chi connectivity index (χ4n) is 1.65. The van der Waals surface area contributed by atoms with Crippen LogP contribution in [0.5, 0.6) is 0 Å². The lowest BCUT2D eigenvalue weighted by Crippen LogP contribution is -2.45. The number of aromatic nitrogens is 1. The number of rotatable bonds is 4. The highest BCUT2D eigenvalue weighted by molar-refractivity contribution is 5.55. The van der Waals surface area contributed by atoms with Gasteiger partial charge in [-0.15, -0.1) is 0 Å². The zero-order valence-corrected chi connectivity index (χ0v) is 9.26. The minimum atomic E-state index is -0.444. The second-order valence-electron chi connectivity index (χ2n) is 3.74. The number of nitro groups is 1. The van der Waals surface area contributed by atoms with Gasteiger partial charge in [0.15, 0.2) is 0 Å². The van der Waals surface area contributed by atoms with Crippen LogP contribution in [0.2, 0.25) is 0 Å². The molecule has 7 nitrogen and oxygen atoms in total. The SMILES string of the molecule is O=[N+]([O-])c1cccnc1NCC1COCCN1. The minimum absolute atomic E-state index is 0.00997. The van der Waals surface area contributed by atoms with E-state index in [0.29, 0.717) is 25.6 Å². The molecule has 17 heavy (non-hydrogen) atoms. The highest BCUT2D eigenvalue weighted by Gasteiger charge is 2.17. The Kier molecular flexibility index (Phi) is 3.84. The van der Waals surface area contributed by atoms with Gasteiger partial charge >= 0.3 is 5.69 Å². The molecule has 1 aliphatic rings. The fourth-order valence-corrected chi connectivity index (χ4v) is 1.65. The Labute approximate surface area is 98.3 Å². The maximum atomic E-state index is 10.8. The van der Waals surface area contributed by atoms with E-state index in [1.807, 2.05) is 0 Å². The van der Waals surface area contributed by atoms with E-state index < -0.39 is 4.92 Å². The first-order valence-electron chi connectivity index (χ1n) is 5.42. The van der Waals surface area contributed by atoms with Crippen LogP contribution in [0.1, 0.15) is 0 Å². The van der Waals surface area contributed by atoms with Crippen LogP contribution in [0.15, 0.2) is 18.3 Å². The van der Waals surface area contributed by atoms with E-state index in [9.17, 15) is 10.1 Å². The molecule has 1 saturated heterocycles. The average Bonchev–Trinajstić information content (AvgIpc) is 2.38. The van der Waals surface area contributed by atoms with Gasteiger partial charge in [-0.05, 0) is 6.07 Å². The van der Waals surface area contributed by atoms with Crippen molar-refractivity contribution in [1.29, 1.82) is 0 Å². The molecule has 0 radical (unpaired) electrons. The smallest absolute Gasteiger partial charge is 0.311 e. The molecular weight excluding hydrogens is 224 g/mol. The molecule has 1 aromatic heterocycles. The van der Waals surface area contributed by atoms with Crippen molar-refractivity contribution < 1.29 is 9.66 Å². The summed E-state index contributed by atoms with van der Waals surface area (Å²) in [7, 11) is 0. The van der Waals surface area contributed by atoms with Gasteiger partial charge in [0, 0.05) is 31.4 Å². The molecule has 0 saturated carbocycles. The summed E-state index contributed by atoms with van der Waals surface area (Å²) < 4.78 is 5.29. The Balaban J connectivity index is 1.96. The largest absolute Gasteiger partial charge is 0.378 e. The second kappa shape index (κ2) is 5.55. The summed E-state index contributed by atoms with van der Waals surface area (Å²) in [6.45, 7) is 2.67. The lowest BCUT2D eigenvalue weighted by Gasteiger charge is -2.23. The Morgan fingerprint density at radius 2 is 2.59 bits per heavy atom. The van der Waals surface area contributed by atoms with E-state index in [1.54, 1.807) is 6.07 Å². The van der Waals surface area contributed by atoms with Gasteiger partial charge < -0.3 is 15.4 Å². The normalized spacial score (nSPS) is 19.9. The molecule has 2 heterocycles. The van der Waals surface area contributed by atoms with Gasteiger partial charge in [0.05, 0.1) is 18.1 Å². The van der Waals surface area contributed by atoms with Gasteiger partial charge in [-0.25, -0.2) is 4.98 Å². The quantitative estimate of drug-likeness (QED) is 0.582. The van der Waals surface area contributed by atoms with E-state index in [1.165, 1.54) is 12.3 Å². The molecule has 0 spiro atoms. The average molecular weight is 238 g/mol. The maximum absolute atomic E-state index is 10.8. The fraction of sp³-hybridized carbons (Fsp3) is 0.500. The van der Waals surface area contributed by atoms with Gasteiger partial charge in [0.2, 0.25) is 5.82 Å². The number of nitrogens with one attached hydrogen (secondary N) is 2. The molecule has 0 amide bonds. The van der Waals surface area contributed by atoms with Crippen molar-refractivity contribution in [2.24, 2.45) is 0 Å². The van der Waals surface area contributed by atoms with Crippen LogP contribution < -0.4 is 10.6 Å². The third-order valence-corrected chi connectivity index (χ3v) is 2.50. The predicted octanol–water partition coefficient (Wildman–Crippen LogP) is 0.390. The summed E-state index contributed by atoms with van der Waals surface area (Å²) in [6.07, 6.45) is 1.53. The number of morpholine rings is 1. The summed E-state index contributed by atoms with van der Waals surface area (Å²) in [5, 5.41) is 17.0. The van der Waals surface area contributed by atoms with Crippen LogP contribution in [0.25, 0.3) is 0 Å². The van der Waals surface area contributed by atoms with Gasteiger partial charge in [0.1, 0.15) is 0 Å². The number of hydrogen-bond donors (Lipinski definition) is 2. The van der Waals surface area contributed by atoms with Crippen molar-refractivity contribution in [3.63, 3.8) is 0 Å². The second-order valence-corrected chi connectivity index (χ2v) is 3.74. The highest BCUT2D eigenvalue weighted by Crippen LogP contribution is 2.19. The monoisotopic (exact) mass is 238 g/mol. The van der Waals surface area contributed by atoms with Crippen molar-refractivity contribution in [1.82, 2.24) is 10.3 Å². The molecule has 92 valence electrons. The highest BCUT2D eigenvalue weighted by atomic mass is 16.6. The van der Waals surface area contributed by atoms with Crippen LogP contribution in [-0.4, -0.2) is 42.3 Å². The number of anilines is 1. The van der Waals surface area contributed by atoms with E-state index in [-0.39, 0.29) is 11.7 Å². The molecule has 0 aromatic carbocycles. The first-order valence-corrected chi connectivity index (χ1v) is 5.42. The number of hydrogen-bond acceptors (Lipinski definition) is 6. The molecule has 2 rings (SSSR count). The first kappa shape index (κ1) is 11.7. The lowest BCUT2D eigenvalue weighted by atomic mass is 10.2. The first-order chi connectivity index (χ1) is 8.27. The molecule has 1 unspecified atom stereocenters. The standard InChI is InChI=1S/C10H14N4O3/c15-14(16)9-2-1-3-12-10(9)13-6-8-7-17-5-4-11-8/h1-3,8,11H,4-7H2,(H,12,13). The van der Waals surface area contributed by atoms with Crippen LogP contribution in [0.3, 0.4) is 0 Å². The van der Waals surface area contributed by atoms with Crippen LogP contribution in [0, 0.1) is 10.1 Å². The molecule has 2 N–H and O–H groups in total. The Morgan fingerprint density at radius 3 is 3.29 bits per heavy atom. The Hall–Kier alpha value is -1.73. The third-order valence-electron chi connectivity index (χ3n) is 2.50. The van der Waals surface area contributed by atoms with Gasteiger partial charge in [-0.3, -0.25) is 10.1 Å². The minimum Gasteiger partial charge on any atom is -0.378 e. The Bertz CT molecular complexity index is 393. The third kappa shape index (κ3) is 3.11. The molecule has 0 aliphatic carbocycles. The molecule has 7 heteroatoms. The summed E-state index contributed by atoms with van der Waals surface area (Å²) in [6, 6.07) is 3.14. The topological polar surface area (TPSA) is 89.3 Å². The summed E-state index contributed by atoms with van der Waals surface area (Å²) >= 11 is 0. The predicted molar refractivity (Wildman–Crippen MR) is 62.0 cm³/mol. The van der Waals surface area contributed by atoms with E-state index >= 15 is 0 Å². The van der Waals surface area contributed by atoms with Gasteiger partial charge in [-0.2, -0.15) is 0 Å². The molecule has 1 aliphatic heterocycles. The number of pyridine rings is 1. The van der Waals surface area contributed by atoms with Crippen LogP contribution in [-0.2, 0) is 4.74 Å². The zero-order valence-electron chi connectivity index (χ0n) is 9.26. The molecular formula is C10H14N4O3. The summed E-state index contributed by atoms with van der Waals surface area (Å²) in [4.78, 5) is 14.3. The zero-order chi connectivity index (χ0) is 12.1. The molecule has 1 aromatic rings. The number of ether oxygens (including phenoxy) is 1. The summed E-state index contributed by atoms with van der Waals surface area (Å²) in [5.41, 5.74) is -0.00997. The van der Waals surface area contributed by atoms with Crippen LogP contribution >= 0.6 is 0 Å². The van der Waals surface area contributed by atoms with E-state index in [4.69, 9.17) is 4.74 Å². The molecule has 0 bridgehead atoms. The van der Waals surface area contributed by atoms with Crippen LogP contribution in [0.4, 0.5) is 11.5 Å². The van der Waals surface area contributed by atoms with Gasteiger partial charge in [-0.1, -0.05) is 0 Å². The molecule has 1 atom stereocenters. The molecule has 1 fully saturated rings. The Morgan fingerprint density at radius 1 is 1.71 bits per heavy atom. The van der Waals surface area contributed by atoms with Crippen molar-refractivity contribution in [3.05, 3.63) is 28.4 Å². The van der Waals surface area contributed by atoms with Crippen molar-refractivity contribution in [2.45, 2.75) is 6.04 Å². The van der Waals surface area contributed by atoms with Crippen molar-refractivity contribution in [2.75, 3.05) is 31.6 Å². The van der Waals surface area contributed by atoms with Crippen molar-refractivity contribution in [3.8, 4) is 0 Å². The summed E-state index contributed by atoms with van der Waals surface area (Å²) in [5.74, 6) is 0.296. The van der Waals surface area contributed by atoms with E-state index in [2.05, 4.69) is 15.6 Å². The maximum Gasteiger partial charge on any atom is 0.311 e. The lowest BCUT2D eigenvalue weighted by molar-refractivity contribution is -0.384. The van der Waals surface area contributed by atoms with Crippen molar-refractivity contribution >= 4 is 11.5 Å². The number of nitrogens with zero attached hydrogens (tertiary/aromatic N) is 2.